The van der Waals surface area contributed by atoms with Gasteiger partial charge >= 0.3 is 0 Å². The van der Waals surface area contributed by atoms with Crippen LogP contribution in [0, 0.1) is 17.2 Å². The summed E-state index contributed by atoms with van der Waals surface area (Å²) in [5.74, 6) is -0.501. The lowest BCUT2D eigenvalue weighted by atomic mass is 9.94. The molecule has 0 bridgehead atoms. The molecule has 0 radical (unpaired) electrons. The Morgan fingerprint density at radius 1 is 1.14 bits per heavy atom. The molecule has 0 aliphatic carbocycles. The lowest BCUT2D eigenvalue weighted by Crippen LogP contribution is -2.30. The molecule has 4 nitrogen and oxygen atoms in total. The van der Waals surface area contributed by atoms with Crippen molar-refractivity contribution in [2.45, 2.75) is 13.0 Å². The van der Waals surface area contributed by atoms with Crippen molar-refractivity contribution in [3.05, 3.63) is 65.7 Å². The van der Waals surface area contributed by atoms with E-state index in [1.807, 2.05) is 36.4 Å². The molecular formula is C17H17N3O. The molecule has 0 aromatic heterocycles. The molecule has 0 spiro atoms. The number of anilines is 1. The fourth-order valence-corrected chi connectivity index (χ4v) is 2.01. The summed E-state index contributed by atoms with van der Waals surface area (Å²) < 4.78 is 0. The third kappa shape index (κ3) is 3.68. The molecule has 0 aliphatic heterocycles. The molecule has 4 heteroatoms. The van der Waals surface area contributed by atoms with Gasteiger partial charge < -0.3 is 11.1 Å². The number of hydrogen-bond acceptors (Lipinski definition) is 3. The van der Waals surface area contributed by atoms with Gasteiger partial charge in [0.25, 0.3) is 0 Å². The Balaban J connectivity index is 2.04. The number of carbonyl (C=O) groups excluding carboxylic acids is 1. The summed E-state index contributed by atoms with van der Waals surface area (Å²) in [6, 6.07) is 18.0. The van der Waals surface area contributed by atoms with Gasteiger partial charge in [-0.1, -0.05) is 37.3 Å². The van der Waals surface area contributed by atoms with E-state index in [-0.39, 0.29) is 17.9 Å². The fourth-order valence-electron chi connectivity index (χ4n) is 2.01. The van der Waals surface area contributed by atoms with Gasteiger partial charge in [-0.25, -0.2) is 0 Å². The van der Waals surface area contributed by atoms with Gasteiger partial charge in [-0.3, -0.25) is 4.79 Å². The average molecular weight is 279 g/mol. The molecule has 2 atom stereocenters. The van der Waals surface area contributed by atoms with Crippen LogP contribution in [-0.2, 0) is 4.79 Å². The molecule has 3 N–H and O–H groups in total. The smallest absolute Gasteiger partial charge is 0.229 e. The Kier molecular flexibility index (Phi) is 4.70. The molecule has 0 aliphatic rings. The second-order valence-corrected chi connectivity index (χ2v) is 4.90. The van der Waals surface area contributed by atoms with Crippen LogP contribution in [0.4, 0.5) is 5.69 Å². The van der Waals surface area contributed by atoms with Gasteiger partial charge in [0.05, 0.1) is 17.6 Å². The Morgan fingerprint density at radius 2 is 1.76 bits per heavy atom. The Morgan fingerprint density at radius 3 is 2.33 bits per heavy atom. The first kappa shape index (κ1) is 14.8. The Bertz CT molecular complexity index is 644. The van der Waals surface area contributed by atoms with Crippen LogP contribution >= 0.6 is 0 Å². The number of nitriles is 1. The minimum absolute atomic E-state index is 0.143. The zero-order chi connectivity index (χ0) is 15.2. The van der Waals surface area contributed by atoms with Crippen LogP contribution in [0.2, 0.25) is 0 Å². The van der Waals surface area contributed by atoms with E-state index >= 15 is 0 Å². The Hall–Kier alpha value is -2.64. The second-order valence-electron chi connectivity index (χ2n) is 4.90. The minimum atomic E-state index is -0.358. The Labute approximate surface area is 124 Å². The van der Waals surface area contributed by atoms with E-state index in [2.05, 4.69) is 5.32 Å². The number of nitrogens with one attached hydrogen (secondary N) is 1. The van der Waals surface area contributed by atoms with Crippen LogP contribution in [0.15, 0.2) is 54.6 Å². The average Bonchev–Trinajstić information content (AvgIpc) is 2.55. The van der Waals surface area contributed by atoms with Crippen LogP contribution in [0.5, 0.6) is 0 Å². The van der Waals surface area contributed by atoms with E-state index in [9.17, 15) is 4.79 Å². The van der Waals surface area contributed by atoms with Crippen LogP contribution in [0.1, 0.15) is 24.1 Å². The first-order chi connectivity index (χ1) is 10.1. The largest absolute Gasteiger partial charge is 0.326 e. The third-order valence-electron chi connectivity index (χ3n) is 3.42. The monoisotopic (exact) mass is 279 g/mol. The molecule has 2 unspecified atom stereocenters. The van der Waals surface area contributed by atoms with Crippen molar-refractivity contribution in [2.24, 2.45) is 11.7 Å². The standard InChI is InChI=1S/C17H17N3O/c1-12(16(19)14-5-3-2-4-6-14)17(21)20-15-9-7-13(11-18)8-10-15/h2-10,12,16H,19H2,1H3,(H,20,21). The summed E-state index contributed by atoms with van der Waals surface area (Å²) in [6.07, 6.45) is 0. The summed E-state index contributed by atoms with van der Waals surface area (Å²) in [5, 5.41) is 11.6. The van der Waals surface area contributed by atoms with E-state index < -0.39 is 0 Å². The normalized spacial score (nSPS) is 13.0. The van der Waals surface area contributed by atoms with Crippen molar-refractivity contribution >= 4 is 11.6 Å². The molecule has 0 saturated carbocycles. The van der Waals surface area contributed by atoms with E-state index in [0.29, 0.717) is 11.3 Å². The van der Waals surface area contributed by atoms with Gasteiger partial charge in [0.2, 0.25) is 5.91 Å². The number of amides is 1. The van der Waals surface area contributed by atoms with Crippen molar-refractivity contribution in [3.8, 4) is 6.07 Å². The predicted octanol–water partition coefficient (Wildman–Crippen LogP) is 2.83. The quantitative estimate of drug-likeness (QED) is 0.903. The van der Waals surface area contributed by atoms with Crippen LogP contribution in [0.25, 0.3) is 0 Å². The van der Waals surface area contributed by atoms with Gasteiger partial charge in [-0.2, -0.15) is 5.26 Å². The molecule has 0 saturated heterocycles. The van der Waals surface area contributed by atoms with E-state index in [4.69, 9.17) is 11.0 Å². The maximum absolute atomic E-state index is 12.2. The van der Waals surface area contributed by atoms with Gasteiger partial charge in [0.15, 0.2) is 0 Å². The van der Waals surface area contributed by atoms with Crippen molar-refractivity contribution in [3.63, 3.8) is 0 Å². The highest BCUT2D eigenvalue weighted by Gasteiger charge is 2.22. The summed E-state index contributed by atoms with van der Waals surface area (Å²) in [7, 11) is 0. The highest BCUT2D eigenvalue weighted by Crippen LogP contribution is 2.20. The topological polar surface area (TPSA) is 78.9 Å². The van der Waals surface area contributed by atoms with Gasteiger partial charge in [0.1, 0.15) is 0 Å². The van der Waals surface area contributed by atoms with Gasteiger partial charge in [-0.15, -0.1) is 0 Å². The number of hydrogen-bond donors (Lipinski definition) is 2. The van der Waals surface area contributed by atoms with Crippen molar-refractivity contribution < 1.29 is 4.79 Å². The molecule has 0 heterocycles. The molecule has 21 heavy (non-hydrogen) atoms. The van der Waals surface area contributed by atoms with E-state index in [1.165, 1.54) is 0 Å². The number of nitrogens with two attached hydrogens (primary N) is 1. The van der Waals surface area contributed by atoms with Crippen molar-refractivity contribution in [2.75, 3.05) is 5.32 Å². The molecule has 106 valence electrons. The van der Waals surface area contributed by atoms with Crippen molar-refractivity contribution in [1.29, 1.82) is 5.26 Å². The number of rotatable bonds is 4. The number of carbonyl (C=O) groups is 1. The summed E-state index contributed by atoms with van der Waals surface area (Å²) in [6.45, 7) is 1.80. The first-order valence-electron chi connectivity index (χ1n) is 6.73. The minimum Gasteiger partial charge on any atom is -0.326 e. The predicted molar refractivity (Wildman–Crippen MR) is 82.3 cm³/mol. The summed E-state index contributed by atoms with van der Waals surface area (Å²) in [4.78, 5) is 12.2. The third-order valence-corrected chi connectivity index (χ3v) is 3.42. The van der Waals surface area contributed by atoms with Crippen LogP contribution in [0.3, 0.4) is 0 Å². The molecule has 2 aromatic rings. The molecular weight excluding hydrogens is 262 g/mol. The number of benzene rings is 2. The number of nitrogens with zero attached hydrogens (tertiary/aromatic N) is 1. The highest BCUT2D eigenvalue weighted by atomic mass is 16.1. The van der Waals surface area contributed by atoms with E-state index in [1.54, 1.807) is 31.2 Å². The van der Waals surface area contributed by atoms with Gasteiger partial charge in [0, 0.05) is 11.7 Å². The van der Waals surface area contributed by atoms with Crippen molar-refractivity contribution in [1.82, 2.24) is 0 Å². The maximum atomic E-state index is 12.2. The lowest BCUT2D eigenvalue weighted by molar-refractivity contribution is -0.120. The first-order valence-corrected chi connectivity index (χ1v) is 6.73. The highest BCUT2D eigenvalue weighted by molar-refractivity contribution is 5.92. The summed E-state index contributed by atoms with van der Waals surface area (Å²) >= 11 is 0. The summed E-state index contributed by atoms with van der Waals surface area (Å²) in [5.41, 5.74) is 8.28. The molecule has 2 rings (SSSR count). The lowest BCUT2D eigenvalue weighted by Gasteiger charge is -2.19. The van der Waals surface area contributed by atoms with E-state index in [0.717, 1.165) is 5.56 Å². The zero-order valence-electron chi connectivity index (χ0n) is 11.8. The van der Waals surface area contributed by atoms with Gasteiger partial charge in [-0.05, 0) is 29.8 Å². The zero-order valence-corrected chi connectivity index (χ0v) is 11.8. The maximum Gasteiger partial charge on any atom is 0.229 e. The molecule has 2 aromatic carbocycles. The van der Waals surface area contributed by atoms with Crippen LogP contribution < -0.4 is 11.1 Å². The SMILES string of the molecule is CC(C(=O)Nc1ccc(C#N)cc1)C(N)c1ccccc1. The van der Waals surface area contributed by atoms with Crippen LogP contribution in [-0.4, -0.2) is 5.91 Å². The molecule has 0 fully saturated rings. The second kappa shape index (κ2) is 6.69. The fraction of sp³-hybridized carbons (Fsp3) is 0.176. The molecule has 1 amide bonds.